The molecule has 0 bridgehead atoms. The molecule has 0 fully saturated rings. The van der Waals surface area contributed by atoms with Crippen molar-refractivity contribution < 1.29 is 36.3 Å². The van der Waals surface area contributed by atoms with Crippen LogP contribution in [-0.4, -0.2) is 33.5 Å². The van der Waals surface area contributed by atoms with E-state index in [0.29, 0.717) is 0 Å². The van der Waals surface area contributed by atoms with Crippen molar-refractivity contribution in [3.8, 4) is 5.75 Å². The summed E-state index contributed by atoms with van der Waals surface area (Å²) in [6.07, 6.45) is -1.46. The first kappa shape index (κ1) is 21.3. The van der Waals surface area contributed by atoms with Crippen LogP contribution in [0.1, 0.15) is 17.3 Å². The number of carbonyl (C=O) groups is 2. The van der Waals surface area contributed by atoms with Gasteiger partial charge in [0, 0.05) is 0 Å². The van der Waals surface area contributed by atoms with Crippen molar-refractivity contribution in [1.82, 2.24) is 0 Å². The lowest BCUT2D eigenvalue weighted by molar-refractivity contribution is -0.123. The van der Waals surface area contributed by atoms with E-state index in [1.54, 1.807) is 0 Å². The molecule has 0 saturated heterocycles. The maximum Gasteiger partial charge on any atom is 0.342 e. The highest BCUT2D eigenvalue weighted by atomic mass is 32.2. The van der Waals surface area contributed by atoms with Gasteiger partial charge in [-0.15, -0.1) is 0 Å². The fraction of sp³-hybridized carbons (Fsp3) is 0.176. The van der Waals surface area contributed by atoms with Gasteiger partial charge in [0.05, 0.1) is 12.0 Å². The van der Waals surface area contributed by atoms with Crippen molar-refractivity contribution >= 4 is 27.6 Å². The van der Waals surface area contributed by atoms with Crippen LogP contribution in [0, 0.1) is 11.6 Å². The Bertz CT molecular complexity index is 1010. The normalized spacial score (nSPS) is 12.2. The predicted octanol–water partition coefficient (Wildman–Crippen LogP) is 1.80. The van der Waals surface area contributed by atoms with E-state index in [1.807, 2.05) is 5.32 Å². The van der Waals surface area contributed by atoms with E-state index in [-0.39, 0.29) is 16.2 Å². The highest BCUT2D eigenvalue weighted by Gasteiger charge is 2.24. The van der Waals surface area contributed by atoms with Gasteiger partial charge >= 0.3 is 5.97 Å². The Balaban J connectivity index is 2.21. The highest BCUT2D eigenvalue weighted by Crippen LogP contribution is 2.24. The third-order valence-corrected chi connectivity index (χ3v) is 4.49. The number of methoxy groups -OCH3 is 1. The summed E-state index contributed by atoms with van der Waals surface area (Å²) in [5, 5.41) is 7.01. The van der Waals surface area contributed by atoms with Gasteiger partial charge in [0.15, 0.2) is 6.10 Å². The Morgan fingerprint density at radius 1 is 1.14 bits per heavy atom. The van der Waals surface area contributed by atoms with Gasteiger partial charge in [-0.25, -0.2) is 27.1 Å². The molecular weight excluding hydrogens is 398 g/mol. The quantitative estimate of drug-likeness (QED) is 0.695. The van der Waals surface area contributed by atoms with Crippen LogP contribution in [0.3, 0.4) is 0 Å². The van der Waals surface area contributed by atoms with Gasteiger partial charge in [-0.05, 0) is 37.3 Å². The van der Waals surface area contributed by atoms with Crippen molar-refractivity contribution in [3.05, 3.63) is 53.6 Å². The molecule has 0 aliphatic carbocycles. The van der Waals surface area contributed by atoms with Crippen LogP contribution in [0.25, 0.3) is 0 Å². The zero-order valence-electron chi connectivity index (χ0n) is 14.7. The fourth-order valence-corrected chi connectivity index (χ4v) is 2.68. The number of benzene rings is 2. The number of halogens is 2. The summed E-state index contributed by atoms with van der Waals surface area (Å²) in [7, 11) is -2.87. The van der Waals surface area contributed by atoms with Crippen molar-refractivity contribution in [3.63, 3.8) is 0 Å². The number of primary sulfonamides is 1. The largest absolute Gasteiger partial charge is 0.496 e. The van der Waals surface area contributed by atoms with Gasteiger partial charge in [-0.3, -0.25) is 4.79 Å². The van der Waals surface area contributed by atoms with Gasteiger partial charge < -0.3 is 14.8 Å². The summed E-state index contributed by atoms with van der Waals surface area (Å²) in [5.74, 6) is -4.13. The first-order valence-corrected chi connectivity index (χ1v) is 9.26. The molecule has 2 aromatic rings. The minimum absolute atomic E-state index is 0.0230. The van der Waals surface area contributed by atoms with Crippen LogP contribution >= 0.6 is 0 Å². The SMILES string of the molecule is COc1ccc(S(N)(=O)=O)cc1C(=O)O[C@@H](C)C(=O)Nc1c(F)cccc1F. The molecule has 0 saturated carbocycles. The molecule has 0 aliphatic heterocycles. The number of rotatable bonds is 6. The standard InChI is InChI=1S/C17H16F2N2O6S/c1-9(16(22)21-15-12(18)4-3-5-13(15)19)27-17(23)11-8-10(28(20,24)25)6-7-14(11)26-2/h3-9H,1-2H3,(H,21,22)(H2,20,24,25)/t9-/m0/s1. The van der Waals surface area contributed by atoms with E-state index >= 15 is 0 Å². The minimum Gasteiger partial charge on any atom is -0.496 e. The van der Waals surface area contributed by atoms with Crippen LogP contribution < -0.4 is 15.2 Å². The van der Waals surface area contributed by atoms with Crippen LogP contribution in [0.4, 0.5) is 14.5 Å². The van der Waals surface area contributed by atoms with E-state index in [2.05, 4.69) is 0 Å². The van der Waals surface area contributed by atoms with Gasteiger partial charge in [0.25, 0.3) is 5.91 Å². The second-order valence-electron chi connectivity index (χ2n) is 5.54. The number of hydrogen-bond acceptors (Lipinski definition) is 6. The molecule has 1 amide bonds. The molecular formula is C17H16F2N2O6S. The fourth-order valence-electron chi connectivity index (χ4n) is 2.14. The molecule has 3 N–H and O–H groups in total. The predicted molar refractivity (Wildman–Crippen MR) is 94.2 cm³/mol. The average Bonchev–Trinajstić information content (AvgIpc) is 2.63. The molecule has 8 nitrogen and oxygen atoms in total. The average molecular weight is 414 g/mol. The Morgan fingerprint density at radius 2 is 1.75 bits per heavy atom. The number of anilines is 1. The molecule has 1 atom stereocenters. The third kappa shape index (κ3) is 4.81. The number of sulfonamides is 1. The Morgan fingerprint density at radius 3 is 2.29 bits per heavy atom. The van der Waals surface area contributed by atoms with E-state index in [0.717, 1.165) is 30.3 Å². The summed E-state index contributed by atoms with van der Waals surface area (Å²) in [4.78, 5) is 24.1. The van der Waals surface area contributed by atoms with Crippen LogP contribution in [-0.2, 0) is 19.6 Å². The molecule has 0 spiro atoms. The number of carbonyl (C=O) groups excluding carboxylic acids is 2. The summed E-state index contributed by atoms with van der Waals surface area (Å²) in [6, 6.07) is 6.25. The van der Waals surface area contributed by atoms with Crippen molar-refractivity contribution in [2.75, 3.05) is 12.4 Å². The molecule has 0 radical (unpaired) electrons. The summed E-state index contributed by atoms with van der Waals surface area (Å²) in [5.41, 5.74) is -0.991. The number of nitrogens with one attached hydrogen (secondary N) is 1. The Hall–Kier alpha value is -3.05. The molecule has 11 heteroatoms. The van der Waals surface area contributed by atoms with E-state index in [9.17, 15) is 26.8 Å². The number of amides is 1. The monoisotopic (exact) mass is 414 g/mol. The Kier molecular flexibility index (Phi) is 6.31. The van der Waals surface area contributed by atoms with Crippen LogP contribution in [0.2, 0.25) is 0 Å². The summed E-state index contributed by atoms with van der Waals surface area (Å²) >= 11 is 0. The van der Waals surface area contributed by atoms with Gasteiger partial charge in [-0.2, -0.15) is 0 Å². The highest BCUT2D eigenvalue weighted by molar-refractivity contribution is 7.89. The topological polar surface area (TPSA) is 125 Å². The summed E-state index contributed by atoms with van der Waals surface area (Å²) < 4.78 is 60.0. The van der Waals surface area contributed by atoms with Crippen molar-refractivity contribution in [2.24, 2.45) is 5.14 Å². The van der Waals surface area contributed by atoms with Crippen molar-refractivity contribution in [1.29, 1.82) is 0 Å². The van der Waals surface area contributed by atoms with Crippen LogP contribution in [0.5, 0.6) is 5.75 Å². The van der Waals surface area contributed by atoms with Gasteiger partial charge in [0.1, 0.15) is 28.6 Å². The first-order chi connectivity index (χ1) is 13.0. The van der Waals surface area contributed by atoms with E-state index in [4.69, 9.17) is 14.6 Å². The van der Waals surface area contributed by atoms with Gasteiger partial charge in [-0.1, -0.05) is 6.07 Å². The molecule has 2 rings (SSSR count). The number of para-hydroxylation sites is 1. The lowest BCUT2D eigenvalue weighted by Crippen LogP contribution is -2.30. The number of esters is 1. The maximum atomic E-state index is 13.6. The summed E-state index contributed by atoms with van der Waals surface area (Å²) in [6.45, 7) is 1.17. The van der Waals surface area contributed by atoms with Crippen LogP contribution in [0.15, 0.2) is 41.3 Å². The number of nitrogens with two attached hydrogens (primary N) is 1. The second-order valence-corrected chi connectivity index (χ2v) is 7.10. The molecule has 0 unspecified atom stereocenters. The minimum atomic E-state index is -4.10. The van der Waals surface area contributed by atoms with E-state index in [1.165, 1.54) is 20.1 Å². The maximum absolute atomic E-state index is 13.6. The zero-order chi connectivity index (χ0) is 21.1. The number of hydrogen-bond donors (Lipinski definition) is 2. The molecule has 28 heavy (non-hydrogen) atoms. The molecule has 150 valence electrons. The molecule has 0 aliphatic rings. The second kappa shape index (κ2) is 8.31. The van der Waals surface area contributed by atoms with Crippen molar-refractivity contribution in [2.45, 2.75) is 17.9 Å². The molecule has 0 heterocycles. The lowest BCUT2D eigenvalue weighted by Gasteiger charge is -2.15. The lowest BCUT2D eigenvalue weighted by atomic mass is 10.2. The smallest absolute Gasteiger partial charge is 0.342 e. The Labute approximate surface area is 159 Å². The zero-order valence-corrected chi connectivity index (χ0v) is 15.5. The van der Waals surface area contributed by atoms with E-state index < -0.39 is 45.3 Å². The molecule has 0 aromatic heterocycles. The third-order valence-electron chi connectivity index (χ3n) is 3.58. The first-order valence-electron chi connectivity index (χ1n) is 7.71. The van der Waals surface area contributed by atoms with Gasteiger partial charge in [0.2, 0.25) is 10.0 Å². The number of ether oxygens (including phenoxy) is 2. The molecule has 2 aromatic carbocycles.